The van der Waals surface area contributed by atoms with E-state index in [4.69, 9.17) is 4.74 Å². The summed E-state index contributed by atoms with van der Waals surface area (Å²) >= 11 is 0. The fourth-order valence-corrected chi connectivity index (χ4v) is 5.09. The molecule has 1 saturated heterocycles. The van der Waals surface area contributed by atoms with Crippen LogP contribution < -0.4 is 5.32 Å². The van der Waals surface area contributed by atoms with Crippen molar-refractivity contribution in [1.29, 1.82) is 0 Å². The molecule has 5 rings (SSSR count). The van der Waals surface area contributed by atoms with Crippen LogP contribution >= 0.6 is 0 Å². The predicted molar refractivity (Wildman–Crippen MR) is 129 cm³/mol. The average Bonchev–Trinajstić information content (AvgIpc) is 3.04. The molecule has 2 aromatic carbocycles. The Hall–Kier alpha value is -3.02. The zero-order chi connectivity index (χ0) is 22.5. The van der Waals surface area contributed by atoms with Crippen molar-refractivity contribution < 1.29 is 9.53 Å². The zero-order valence-electron chi connectivity index (χ0n) is 19.0. The number of nitrogens with one attached hydrogen (secondary N) is 1. The third kappa shape index (κ3) is 5.00. The first kappa shape index (κ1) is 21.8. The normalized spacial score (nSPS) is 18.3. The van der Waals surface area contributed by atoms with Gasteiger partial charge in [0.25, 0.3) is 0 Å². The summed E-state index contributed by atoms with van der Waals surface area (Å²) in [4.78, 5) is 20.1. The van der Waals surface area contributed by atoms with E-state index in [9.17, 15) is 4.79 Å². The van der Waals surface area contributed by atoms with Crippen LogP contribution in [0.1, 0.15) is 40.2 Å². The van der Waals surface area contributed by atoms with Crippen LogP contribution in [0, 0.1) is 0 Å². The molecular weight excluding hydrogens is 410 g/mol. The highest BCUT2D eigenvalue weighted by Crippen LogP contribution is 2.35. The van der Waals surface area contributed by atoms with Gasteiger partial charge in [0.1, 0.15) is 0 Å². The number of carbonyl (C=O) groups excluding carboxylic acids is 1. The Bertz CT molecular complexity index is 1040. The number of hydrogen-bond acceptors (Lipinski definition) is 4. The smallest absolute Gasteiger partial charge is 0.234 e. The standard InChI is InChI=1S/C28H31N3O2/c32-28(27-25-9-3-1-7-22(25)11-12-23-8-2-4-10-26(23)27)31-16-15-30-24(19-31)13-17-33-20-21-6-5-14-29-18-21/h1-10,14,18,24,27,30H,11-13,15-17,19-20H2/t24-/m0/s1. The van der Waals surface area contributed by atoms with Crippen molar-refractivity contribution in [1.82, 2.24) is 15.2 Å². The molecule has 1 amide bonds. The maximum absolute atomic E-state index is 14.0. The number of aryl methyl sites for hydroxylation is 2. The minimum atomic E-state index is -0.222. The van der Waals surface area contributed by atoms with Gasteiger partial charge in [-0.25, -0.2) is 0 Å². The Balaban J connectivity index is 1.27. The van der Waals surface area contributed by atoms with E-state index in [1.165, 1.54) is 22.3 Å². The van der Waals surface area contributed by atoms with Crippen LogP contribution in [0.4, 0.5) is 0 Å². The lowest BCUT2D eigenvalue weighted by molar-refractivity contribution is -0.133. The lowest BCUT2D eigenvalue weighted by Gasteiger charge is -2.36. The SMILES string of the molecule is O=C(C1c2ccccc2CCc2ccccc21)N1CCN[C@@H](CCOCc2cccnc2)C1. The average molecular weight is 442 g/mol. The molecule has 2 aliphatic rings. The van der Waals surface area contributed by atoms with Gasteiger partial charge < -0.3 is 15.0 Å². The number of hydrogen-bond donors (Lipinski definition) is 1. The van der Waals surface area contributed by atoms with Crippen molar-refractivity contribution in [3.63, 3.8) is 0 Å². The number of piperazine rings is 1. The van der Waals surface area contributed by atoms with Crippen molar-refractivity contribution in [2.24, 2.45) is 0 Å². The second-order valence-corrected chi connectivity index (χ2v) is 8.97. The fourth-order valence-electron chi connectivity index (χ4n) is 5.09. The summed E-state index contributed by atoms with van der Waals surface area (Å²) in [5, 5.41) is 3.57. The highest BCUT2D eigenvalue weighted by Gasteiger charge is 2.34. The molecule has 0 spiro atoms. The highest BCUT2D eigenvalue weighted by atomic mass is 16.5. The monoisotopic (exact) mass is 441 g/mol. The minimum absolute atomic E-state index is 0.222. The third-order valence-corrected chi connectivity index (χ3v) is 6.81. The molecule has 0 bridgehead atoms. The van der Waals surface area contributed by atoms with Crippen LogP contribution in [0.25, 0.3) is 0 Å². The summed E-state index contributed by atoms with van der Waals surface area (Å²) in [5.41, 5.74) is 6.01. The molecule has 5 heteroatoms. The van der Waals surface area contributed by atoms with Gasteiger partial charge >= 0.3 is 0 Å². The van der Waals surface area contributed by atoms with Crippen LogP contribution in [-0.4, -0.2) is 48.1 Å². The Morgan fingerprint density at radius 2 is 1.73 bits per heavy atom. The number of pyridine rings is 1. The largest absolute Gasteiger partial charge is 0.377 e. The summed E-state index contributed by atoms with van der Waals surface area (Å²) in [6.07, 6.45) is 6.44. The summed E-state index contributed by atoms with van der Waals surface area (Å²) < 4.78 is 5.86. The number of nitrogens with zero attached hydrogens (tertiary/aromatic N) is 2. The maximum atomic E-state index is 14.0. The number of carbonyl (C=O) groups is 1. The second-order valence-electron chi connectivity index (χ2n) is 8.97. The Morgan fingerprint density at radius 1 is 1.00 bits per heavy atom. The molecule has 5 nitrogen and oxygen atoms in total. The van der Waals surface area contributed by atoms with Crippen molar-refractivity contribution in [2.75, 3.05) is 26.2 Å². The van der Waals surface area contributed by atoms with E-state index < -0.39 is 0 Å². The van der Waals surface area contributed by atoms with Crippen molar-refractivity contribution in [2.45, 2.75) is 37.8 Å². The van der Waals surface area contributed by atoms with Crippen molar-refractivity contribution in [3.05, 3.63) is 101 Å². The number of aromatic nitrogens is 1. The summed E-state index contributed by atoms with van der Waals surface area (Å²) in [6.45, 7) is 3.50. The summed E-state index contributed by atoms with van der Waals surface area (Å²) in [5.74, 6) is 0.0000546. The van der Waals surface area contributed by atoms with Gasteiger partial charge in [-0.05, 0) is 53.1 Å². The van der Waals surface area contributed by atoms with E-state index in [0.717, 1.165) is 44.5 Å². The van der Waals surface area contributed by atoms with Gasteiger partial charge in [-0.1, -0.05) is 54.6 Å². The van der Waals surface area contributed by atoms with Gasteiger partial charge in [0, 0.05) is 44.7 Å². The highest BCUT2D eigenvalue weighted by molar-refractivity contribution is 5.88. The van der Waals surface area contributed by atoms with E-state index in [1.54, 1.807) is 6.20 Å². The van der Waals surface area contributed by atoms with E-state index in [1.807, 2.05) is 18.3 Å². The number of rotatable bonds is 6. The van der Waals surface area contributed by atoms with Gasteiger partial charge in [0.2, 0.25) is 5.91 Å². The minimum Gasteiger partial charge on any atom is -0.377 e. The molecule has 2 heterocycles. The van der Waals surface area contributed by atoms with Crippen LogP contribution in [0.2, 0.25) is 0 Å². The molecule has 1 aromatic heterocycles. The summed E-state index contributed by atoms with van der Waals surface area (Å²) in [7, 11) is 0. The number of benzene rings is 2. The molecule has 3 aromatic rings. The van der Waals surface area contributed by atoms with E-state index in [-0.39, 0.29) is 17.9 Å². The lowest BCUT2D eigenvalue weighted by Crippen LogP contribution is -2.54. The van der Waals surface area contributed by atoms with E-state index in [2.05, 4.69) is 63.7 Å². The van der Waals surface area contributed by atoms with Gasteiger partial charge in [0.15, 0.2) is 0 Å². The third-order valence-electron chi connectivity index (χ3n) is 6.81. The molecule has 0 saturated carbocycles. The zero-order valence-corrected chi connectivity index (χ0v) is 19.0. The van der Waals surface area contributed by atoms with Crippen LogP contribution in [0.5, 0.6) is 0 Å². The molecule has 33 heavy (non-hydrogen) atoms. The molecule has 1 N–H and O–H groups in total. The molecule has 170 valence electrons. The fraction of sp³-hybridized carbons (Fsp3) is 0.357. The van der Waals surface area contributed by atoms with Crippen LogP contribution in [-0.2, 0) is 29.0 Å². The van der Waals surface area contributed by atoms with Crippen LogP contribution in [0.3, 0.4) is 0 Å². The molecule has 1 aliphatic carbocycles. The Kier molecular flexibility index (Phi) is 6.79. The van der Waals surface area contributed by atoms with E-state index >= 15 is 0 Å². The van der Waals surface area contributed by atoms with Gasteiger partial charge in [-0.15, -0.1) is 0 Å². The predicted octanol–water partition coefficient (Wildman–Crippen LogP) is 3.72. The van der Waals surface area contributed by atoms with Gasteiger partial charge in [-0.2, -0.15) is 0 Å². The van der Waals surface area contributed by atoms with Gasteiger partial charge in [0.05, 0.1) is 12.5 Å². The van der Waals surface area contributed by atoms with E-state index in [0.29, 0.717) is 13.2 Å². The molecule has 1 aliphatic heterocycles. The molecule has 0 unspecified atom stereocenters. The second kappa shape index (κ2) is 10.3. The first-order chi connectivity index (χ1) is 16.3. The molecule has 0 radical (unpaired) electrons. The maximum Gasteiger partial charge on any atom is 0.234 e. The lowest BCUT2D eigenvalue weighted by atomic mass is 9.86. The first-order valence-corrected chi connectivity index (χ1v) is 11.9. The van der Waals surface area contributed by atoms with Gasteiger partial charge in [-0.3, -0.25) is 9.78 Å². The molecule has 1 fully saturated rings. The topological polar surface area (TPSA) is 54.5 Å². The number of amides is 1. The molecule has 1 atom stereocenters. The Labute approximate surface area is 195 Å². The first-order valence-electron chi connectivity index (χ1n) is 11.9. The summed E-state index contributed by atoms with van der Waals surface area (Å²) in [6, 6.07) is 21.1. The Morgan fingerprint density at radius 3 is 2.42 bits per heavy atom. The van der Waals surface area contributed by atoms with Crippen LogP contribution in [0.15, 0.2) is 73.1 Å². The molecular formula is C28H31N3O2. The number of fused-ring (bicyclic) bond motifs is 2. The van der Waals surface area contributed by atoms with Crippen molar-refractivity contribution in [3.8, 4) is 0 Å². The number of ether oxygens (including phenoxy) is 1. The van der Waals surface area contributed by atoms with Crippen molar-refractivity contribution >= 4 is 5.91 Å². The quantitative estimate of drug-likeness (QED) is 0.593.